The van der Waals surface area contributed by atoms with Crippen molar-refractivity contribution in [3.63, 3.8) is 0 Å². The van der Waals surface area contributed by atoms with Crippen molar-refractivity contribution in [3.05, 3.63) is 59.7 Å². The lowest BCUT2D eigenvalue weighted by atomic mass is 10.2. The molecule has 8 heteroatoms. The number of primary amides is 1. The number of nitrogens with one attached hydrogen (secondary N) is 2. The van der Waals surface area contributed by atoms with E-state index in [1.54, 1.807) is 48.5 Å². The molecule has 0 bridgehead atoms. The SMILES string of the molecule is COc1cccc(C(=O)NC(=S)Nc2ccc(C(N)=O)cc2)c1.Cl. The van der Waals surface area contributed by atoms with E-state index in [0.717, 1.165) is 0 Å². The first-order valence-corrected chi connectivity index (χ1v) is 7.06. The molecule has 0 fully saturated rings. The minimum absolute atomic E-state index is 0. The fraction of sp³-hybridized carbons (Fsp3) is 0.0625. The number of ether oxygens (including phenoxy) is 1. The van der Waals surface area contributed by atoms with Gasteiger partial charge in [0.05, 0.1) is 7.11 Å². The van der Waals surface area contributed by atoms with Crippen LogP contribution in [0.5, 0.6) is 5.75 Å². The summed E-state index contributed by atoms with van der Waals surface area (Å²) in [5.41, 5.74) is 6.62. The van der Waals surface area contributed by atoms with Gasteiger partial charge in [-0.05, 0) is 54.7 Å². The number of thiocarbonyl (C=S) groups is 1. The second-order valence-corrected chi connectivity index (χ2v) is 4.99. The van der Waals surface area contributed by atoms with Gasteiger partial charge in [0.1, 0.15) is 5.75 Å². The number of nitrogens with two attached hydrogens (primary N) is 1. The highest BCUT2D eigenvalue weighted by Gasteiger charge is 2.09. The monoisotopic (exact) mass is 365 g/mol. The van der Waals surface area contributed by atoms with Gasteiger partial charge in [-0.1, -0.05) is 6.07 Å². The molecule has 0 saturated carbocycles. The van der Waals surface area contributed by atoms with Crippen molar-refractivity contribution in [3.8, 4) is 5.75 Å². The molecule has 4 N–H and O–H groups in total. The maximum atomic E-state index is 12.1. The fourth-order valence-electron chi connectivity index (χ4n) is 1.82. The molecular weight excluding hydrogens is 350 g/mol. The molecule has 2 aromatic carbocycles. The third-order valence-electron chi connectivity index (χ3n) is 2.99. The summed E-state index contributed by atoms with van der Waals surface area (Å²) in [6.45, 7) is 0. The van der Waals surface area contributed by atoms with Crippen LogP contribution in [0, 0.1) is 0 Å². The van der Waals surface area contributed by atoms with E-state index in [0.29, 0.717) is 22.6 Å². The first-order valence-electron chi connectivity index (χ1n) is 6.66. The molecular formula is C16H16ClN3O3S. The Hall–Kier alpha value is -2.64. The minimum Gasteiger partial charge on any atom is -0.497 e. The maximum absolute atomic E-state index is 12.1. The predicted octanol–water partition coefficient (Wildman–Crippen LogP) is 2.34. The molecule has 2 amide bonds. The van der Waals surface area contributed by atoms with Gasteiger partial charge in [-0.25, -0.2) is 0 Å². The van der Waals surface area contributed by atoms with Crippen LogP contribution in [-0.2, 0) is 0 Å². The van der Waals surface area contributed by atoms with E-state index < -0.39 is 5.91 Å². The summed E-state index contributed by atoms with van der Waals surface area (Å²) >= 11 is 5.09. The summed E-state index contributed by atoms with van der Waals surface area (Å²) in [6, 6.07) is 13.1. The van der Waals surface area contributed by atoms with Gasteiger partial charge in [0, 0.05) is 16.8 Å². The lowest BCUT2D eigenvalue weighted by molar-refractivity contribution is 0.0974. The molecule has 0 spiro atoms. The Morgan fingerprint density at radius 1 is 1.08 bits per heavy atom. The Balaban J connectivity index is 0.00000288. The van der Waals surface area contributed by atoms with Gasteiger partial charge < -0.3 is 15.8 Å². The van der Waals surface area contributed by atoms with Crippen LogP contribution in [0.15, 0.2) is 48.5 Å². The smallest absolute Gasteiger partial charge is 0.257 e. The number of anilines is 1. The van der Waals surface area contributed by atoms with Gasteiger partial charge >= 0.3 is 0 Å². The Bertz CT molecular complexity index is 750. The Morgan fingerprint density at radius 3 is 2.33 bits per heavy atom. The molecule has 0 unspecified atom stereocenters. The summed E-state index contributed by atoms with van der Waals surface area (Å²) in [7, 11) is 1.53. The van der Waals surface area contributed by atoms with E-state index in [1.807, 2.05) is 0 Å². The van der Waals surface area contributed by atoms with Crippen LogP contribution >= 0.6 is 24.6 Å². The van der Waals surface area contributed by atoms with Gasteiger partial charge in [0.25, 0.3) is 5.91 Å². The van der Waals surface area contributed by atoms with Gasteiger partial charge in [-0.2, -0.15) is 0 Å². The molecule has 0 radical (unpaired) electrons. The second kappa shape index (κ2) is 8.85. The van der Waals surface area contributed by atoms with Crippen molar-refractivity contribution >= 4 is 47.2 Å². The van der Waals surface area contributed by atoms with E-state index in [-0.39, 0.29) is 23.4 Å². The second-order valence-electron chi connectivity index (χ2n) is 4.58. The molecule has 2 aromatic rings. The number of hydrogen-bond donors (Lipinski definition) is 3. The average Bonchev–Trinajstić information content (AvgIpc) is 2.55. The fourth-order valence-corrected chi connectivity index (χ4v) is 2.03. The molecule has 24 heavy (non-hydrogen) atoms. The Labute approximate surface area is 150 Å². The standard InChI is InChI=1S/C16H15N3O3S.ClH/c1-22-13-4-2-3-11(9-13)15(21)19-16(23)18-12-7-5-10(6-8-12)14(17)20;/h2-9H,1H3,(H2,17,20)(H2,18,19,21,23);1H. The zero-order valence-electron chi connectivity index (χ0n) is 12.7. The van der Waals surface area contributed by atoms with Crippen LogP contribution in [0.4, 0.5) is 5.69 Å². The number of halogens is 1. The number of carbonyl (C=O) groups is 2. The molecule has 0 saturated heterocycles. The molecule has 0 aliphatic heterocycles. The van der Waals surface area contributed by atoms with Crippen LogP contribution in [0.3, 0.4) is 0 Å². The average molecular weight is 366 g/mol. The minimum atomic E-state index is -0.509. The highest BCUT2D eigenvalue weighted by atomic mass is 35.5. The van der Waals surface area contributed by atoms with Crippen molar-refractivity contribution in [2.75, 3.05) is 12.4 Å². The zero-order valence-corrected chi connectivity index (χ0v) is 14.4. The predicted molar refractivity (Wildman–Crippen MR) is 98.9 cm³/mol. The summed E-state index contributed by atoms with van der Waals surface area (Å²) < 4.78 is 5.07. The maximum Gasteiger partial charge on any atom is 0.257 e. The number of carbonyl (C=O) groups excluding carboxylic acids is 2. The lowest BCUT2D eigenvalue weighted by Crippen LogP contribution is -2.34. The molecule has 0 heterocycles. The number of benzene rings is 2. The molecule has 0 aromatic heterocycles. The van der Waals surface area contributed by atoms with Crippen LogP contribution in [-0.4, -0.2) is 24.0 Å². The first-order chi connectivity index (χ1) is 11.0. The van der Waals surface area contributed by atoms with Crippen molar-refractivity contribution in [1.29, 1.82) is 0 Å². The van der Waals surface area contributed by atoms with E-state index in [2.05, 4.69) is 10.6 Å². The topological polar surface area (TPSA) is 93.4 Å². The Kier molecular flexibility index (Phi) is 7.16. The quantitative estimate of drug-likeness (QED) is 0.723. The number of hydrogen-bond acceptors (Lipinski definition) is 4. The van der Waals surface area contributed by atoms with Gasteiger partial charge in [-0.3, -0.25) is 14.9 Å². The van der Waals surface area contributed by atoms with E-state index in [9.17, 15) is 9.59 Å². The van der Waals surface area contributed by atoms with Gasteiger partial charge in [-0.15, -0.1) is 12.4 Å². The van der Waals surface area contributed by atoms with Gasteiger partial charge in [0.2, 0.25) is 5.91 Å². The third kappa shape index (κ3) is 5.22. The van der Waals surface area contributed by atoms with E-state index >= 15 is 0 Å². The van der Waals surface area contributed by atoms with Crippen molar-refractivity contribution in [1.82, 2.24) is 5.32 Å². The van der Waals surface area contributed by atoms with Gasteiger partial charge in [0.15, 0.2) is 5.11 Å². The van der Waals surface area contributed by atoms with E-state index in [4.69, 9.17) is 22.7 Å². The number of methoxy groups -OCH3 is 1. The molecule has 0 atom stereocenters. The molecule has 0 aliphatic rings. The van der Waals surface area contributed by atoms with Crippen LogP contribution in [0.1, 0.15) is 20.7 Å². The Morgan fingerprint density at radius 2 is 1.75 bits per heavy atom. The molecule has 2 rings (SSSR count). The summed E-state index contributed by atoms with van der Waals surface area (Å²) in [5, 5.41) is 5.56. The van der Waals surface area contributed by atoms with Crippen molar-refractivity contribution in [2.45, 2.75) is 0 Å². The highest BCUT2D eigenvalue weighted by molar-refractivity contribution is 7.80. The summed E-state index contributed by atoms with van der Waals surface area (Å²) in [5.74, 6) is -0.279. The highest BCUT2D eigenvalue weighted by Crippen LogP contribution is 2.13. The third-order valence-corrected chi connectivity index (χ3v) is 3.19. The first kappa shape index (κ1) is 19.4. The summed E-state index contributed by atoms with van der Waals surface area (Å²) in [6.07, 6.45) is 0. The summed E-state index contributed by atoms with van der Waals surface area (Å²) in [4.78, 5) is 23.1. The lowest BCUT2D eigenvalue weighted by Gasteiger charge is -2.10. The zero-order chi connectivity index (χ0) is 16.8. The number of amides is 2. The van der Waals surface area contributed by atoms with Crippen LogP contribution < -0.4 is 21.1 Å². The van der Waals surface area contributed by atoms with Crippen molar-refractivity contribution in [2.24, 2.45) is 5.73 Å². The molecule has 0 aliphatic carbocycles. The normalized spacial score (nSPS) is 9.38. The van der Waals surface area contributed by atoms with Crippen molar-refractivity contribution < 1.29 is 14.3 Å². The van der Waals surface area contributed by atoms with Crippen LogP contribution in [0.25, 0.3) is 0 Å². The van der Waals surface area contributed by atoms with E-state index in [1.165, 1.54) is 7.11 Å². The largest absolute Gasteiger partial charge is 0.497 e. The molecule has 126 valence electrons. The number of rotatable bonds is 4. The van der Waals surface area contributed by atoms with Crippen LogP contribution in [0.2, 0.25) is 0 Å². The molecule has 6 nitrogen and oxygen atoms in total.